The molecule has 0 unspecified atom stereocenters. The number of ether oxygens (including phenoxy) is 4. The number of aliphatic hydroxyl groups is 1. The third-order valence-electron chi connectivity index (χ3n) is 2.88. The lowest BCUT2D eigenvalue weighted by Gasteiger charge is -2.33. The highest BCUT2D eigenvalue weighted by Crippen LogP contribution is 2.16. The first-order valence-corrected chi connectivity index (χ1v) is 7.56. The van der Waals surface area contributed by atoms with Gasteiger partial charge in [-0.1, -0.05) is 0 Å². The molecule has 144 valence electrons. The molecule has 4 atom stereocenters. The second kappa shape index (κ2) is 11.4. The molecule has 0 amide bonds. The molecule has 0 aliphatic carbocycles. The Labute approximate surface area is 145 Å². The Bertz CT molecular complexity index is 480. The van der Waals surface area contributed by atoms with Gasteiger partial charge in [0.1, 0.15) is 12.7 Å². The molecule has 0 fully saturated rings. The summed E-state index contributed by atoms with van der Waals surface area (Å²) in [7, 11) is 1.57. The zero-order valence-corrected chi connectivity index (χ0v) is 14.9. The first-order valence-electron chi connectivity index (χ1n) is 7.56. The quantitative estimate of drug-likeness (QED) is 0.364. The van der Waals surface area contributed by atoms with E-state index in [4.69, 9.17) is 18.9 Å². The maximum Gasteiger partial charge on any atom is 0.303 e. The van der Waals surface area contributed by atoms with Crippen LogP contribution in [0, 0.1) is 0 Å². The van der Waals surface area contributed by atoms with E-state index in [1.807, 2.05) is 0 Å². The van der Waals surface area contributed by atoms with Gasteiger partial charge in [0.05, 0.1) is 0 Å². The summed E-state index contributed by atoms with van der Waals surface area (Å²) in [5.74, 6) is -2.80. The summed E-state index contributed by atoms with van der Waals surface area (Å²) in [6, 6.07) is 0. The van der Waals surface area contributed by atoms with Gasteiger partial charge in [-0.3, -0.25) is 19.2 Å². The molecular weight excluding hydrogens is 338 g/mol. The SMILES string of the molecule is CNC[C@H](OC(C)=O)[C@@H](OC(C)=O)[C@H](O)[C@@H](COC(C)=O)OC(C)=O. The molecule has 0 aliphatic rings. The molecule has 0 saturated carbocycles. The van der Waals surface area contributed by atoms with E-state index in [0.717, 1.165) is 27.7 Å². The lowest BCUT2D eigenvalue weighted by molar-refractivity contribution is -0.191. The summed E-state index contributed by atoms with van der Waals surface area (Å²) in [5, 5.41) is 13.3. The number of hydrogen-bond donors (Lipinski definition) is 2. The predicted octanol–water partition coefficient (Wildman–Crippen LogP) is -1.08. The number of likely N-dealkylation sites (N-methyl/N-ethyl adjacent to an activating group) is 1. The van der Waals surface area contributed by atoms with Crippen molar-refractivity contribution < 1.29 is 43.2 Å². The van der Waals surface area contributed by atoms with E-state index >= 15 is 0 Å². The topological polar surface area (TPSA) is 137 Å². The van der Waals surface area contributed by atoms with Crippen molar-refractivity contribution in [1.29, 1.82) is 0 Å². The van der Waals surface area contributed by atoms with E-state index in [1.54, 1.807) is 7.05 Å². The van der Waals surface area contributed by atoms with Crippen molar-refractivity contribution >= 4 is 23.9 Å². The Balaban J connectivity index is 5.50. The summed E-state index contributed by atoms with van der Waals surface area (Å²) in [6.07, 6.45) is -5.34. The minimum Gasteiger partial charge on any atom is -0.462 e. The van der Waals surface area contributed by atoms with Crippen molar-refractivity contribution in [2.45, 2.75) is 52.1 Å². The van der Waals surface area contributed by atoms with E-state index in [-0.39, 0.29) is 6.54 Å². The van der Waals surface area contributed by atoms with Crippen molar-refractivity contribution in [2.24, 2.45) is 0 Å². The minimum absolute atomic E-state index is 0.0505. The maximum absolute atomic E-state index is 11.4. The zero-order chi connectivity index (χ0) is 19.6. The fraction of sp³-hybridized carbons (Fsp3) is 0.733. The van der Waals surface area contributed by atoms with Gasteiger partial charge in [0.15, 0.2) is 18.3 Å². The number of hydrogen-bond acceptors (Lipinski definition) is 10. The van der Waals surface area contributed by atoms with Crippen LogP contribution >= 0.6 is 0 Å². The molecule has 25 heavy (non-hydrogen) atoms. The summed E-state index contributed by atoms with van der Waals surface area (Å²) >= 11 is 0. The third kappa shape index (κ3) is 9.62. The van der Waals surface area contributed by atoms with Gasteiger partial charge in [-0.15, -0.1) is 0 Å². The fourth-order valence-electron chi connectivity index (χ4n) is 2.02. The van der Waals surface area contributed by atoms with E-state index < -0.39 is 54.9 Å². The van der Waals surface area contributed by atoms with Gasteiger partial charge in [0.25, 0.3) is 0 Å². The van der Waals surface area contributed by atoms with E-state index in [0.29, 0.717) is 0 Å². The summed E-state index contributed by atoms with van der Waals surface area (Å²) in [5.41, 5.74) is 0. The maximum atomic E-state index is 11.4. The highest BCUT2D eigenvalue weighted by atomic mass is 16.6. The van der Waals surface area contributed by atoms with Crippen LogP contribution in [0.1, 0.15) is 27.7 Å². The smallest absolute Gasteiger partial charge is 0.303 e. The van der Waals surface area contributed by atoms with Crippen LogP contribution < -0.4 is 5.32 Å². The number of esters is 4. The van der Waals surface area contributed by atoms with Gasteiger partial charge < -0.3 is 29.4 Å². The molecule has 0 saturated heterocycles. The van der Waals surface area contributed by atoms with Crippen molar-refractivity contribution in [3.63, 3.8) is 0 Å². The van der Waals surface area contributed by atoms with Crippen molar-refractivity contribution in [3.05, 3.63) is 0 Å². The Kier molecular flexibility index (Phi) is 10.4. The number of rotatable bonds is 10. The Hall–Kier alpha value is -2.20. The number of nitrogens with one attached hydrogen (secondary N) is 1. The summed E-state index contributed by atoms with van der Waals surface area (Å²) in [4.78, 5) is 44.9. The highest BCUT2D eigenvalue weighted by Gasteiger charge is 2.40. The molecule has 2 N–H and O–H groups in total. The van der Waals surface area contributed by atoms with Gasteiger partial charge in [0.2, 0.25) is 0 Å². The lowest BCUT2D eigenvalue weighted by atomic mass is 10.0. The predicted molar refractivity (Wildman–Crippen MR) is 83.2 cm³/mol. The standard InChI is InChI=1S/C15H25NO9/c1-8(17)22-7-13(24-10(3)19)14(21)15(25-11(4)20)12(6-16-5)23-9(2)18/h12-16,21H,6-7H2,1-5H3/t12-,13+,14+,15+/m0/s1. The van der Waals surface area contributed by atoms with Gasteiger partial charge in [-0.25, -0.2) is 0 Å². The van der Waals surface area contributed by atoms with Crippen LogP contribution in [0.25, 0.3) is 0 Å². The van der Waals surface area contributed by atoms with Gasteiger partial charge in [-0.05, 0) is 7.05 Å². The van der Waals surface area contributed by atoms with Crippen LogP contribution in [0.4, 0.5) is 0 Å². The molecule has 0 aromatic carbocycles. The average Bonchev–Trinajstić information content (AvgIpc) is 2.46. The molecular formula is C15H25NO9. The number of aliphatic hydroxyl groups excluding tert-OH is 1. The van der Waals surface area contributed by atoms with Gasteiger partial charge >= 0.3 is 23.9 Å². The fourth-order valence-corrected chi connectivity index (χ4v) is 2.02. The van der Waals surface area contributed by atoms with E-state index in [1.165, 1.54) is 0 Å². The Morgan fingerprint density at radius 2 is 1.32 bits per heavy atom. The second-order valence-corrected chi connectivity index (χ2v) is 5.22. The highest BCUT2D eigenvalue weighted by molar-refractivity contribution is 5.68. The van der Waals surface area contributed by atoms with Crippen LogP contribution in [0.15, 0.2) is 0 Å². The third-order valence-corrected chi connectivity index (χ3v) is 2.88. The number of carbonyl (C=O) groups is 4. The zero-order valence-electron chi connectivity index (χ0n) is 14.9. The van der Waals surface area contributed by atoms with Crippen LogP contribution in [0.3, 0.4) is 0 Å². The van der Waals surface area contributed by atoms with E-state index in [9.17, 15) is 24.3 Å². The Morgan fingerprint density at radius 3 is 1.72 bits per heavy atom. The molecule has 0 bridgehead atoms. The lowest BCUT2D eigenvalue weighted by Crippen LogP contribution is -2.53. The van der Waals surface area contributed by atoms with Crippen LogP contribution in [-0.2, 0) is 38.1 Å². The molecule has 0 aromatic rings. The van der Waals surface area contributed by atoms with E-state index in [2.05, 4.69) is 5.32 Å². The van der Waals surface area contributed by atoms with Gasteiger partial charge in [-0.2, -0.15) is 0 Å². The minimum atomic E-state index is -1.61. The Morgan fingerprint density at radius 1 is 0.840 bits per heavy atom. The van der Waals surface area contributed by atoms with Gasteiger partial charge in [0, 0.05) is 34.2 Å². The molecule has 10 nitrogen and oxygen atoms in total. The monoisotopic (exact) mass is 363 g/mol. The molecule has 10 heteroatoms. The summed E-state index contributed by atoms with van der Waals surface area (Å²) in [6.45, 7) is 4.10. The van der Waals surface area contributed by atoms with Crippen molar-refractivity contribution in [3.8, 4) is 0 Å². The number of carbonyl (C=O) groups excluding carboxylic acids is 4. The first-order chi connectivity index (χ1) is 11.6. The van der Waals surface area contributed by atoms with Crippen molar-refractivity contribution in [2.75, 3.05) is 20.2 Å². The van der Waals surface area contributed by atoms with Crippen LogP contribution in [0.5, 0.6) is 0 Å². The molecule has 0 spiro atoms. The van der Waals surface area contributed by atoms with Crippen molar-refractivity contribution in [1.82, 2.24) is 5.32 Å². The normalized spacial score (nSPS) is 15.3. The first kappa shape index (κ1) is 22.8. The molecule has 0 aliphatic heterocycles. The molecule has 0 radical (unpaired) electrons. The molecule has 0 heterocycles. The van der Waals surface area contributed by atoms with Crippen LogP contribution in [-0.4, -0.2) is 73.6 Å². The second-order valence-electron chi connectivity index (χ2n) is 5.22. The average molecular weight is 363 g/mol. The molecule has 0 aromatic heterocycles. The largest absolute Gasteiger partial charge is 0.462 e. The molecule has 0 rings (SSSR count). The summed E-state index contributed by atoms with van der Waals surface area (Å²) < 4.78 is 19.8. The van der Waals surface area contributed by atoms with Crippen LogP contribution in [0.2, 0.25) is 0 Å².